The van der Waals surface area contributed by atoms with Crippen molar-refractivity contribution < 1.29 is 0 Å². The zero-order valence-corrected chi connectivity index (χ0v) is 11.7. The quantitative estimate of drug-likeness (QED) is 0.804. The molecule has 0 spiro atoms. The van der Waals surface area contributed by atoms with Gasteiger partial charge in [0, 0.05) is 26.2 Å². The van der Waals surface area contributed by atoms with Gasteiger partial charge < -0.3 is 10.2 Å². The van der Waals surface area contributed by atoms with E-state index in [0.717, 1.165) is 24.9 Å². The highest BCUT2D eigenvalue weighted by molar-refractivity contribution is 5.14. The Kier molecular flexibility index (Phi) is 5.21. The smallest absolute Gasteiger partial charge is 0.0206 e. The van der Waals surface area contributed by atoms with E-state index in [9.17, 15) is 0 Å². The molecule has 1 aromatic carbocycles. The molecule has 1 aromatic rings. The normalized spacial score (nSPS) is 25.2. The topological polar surface area (TPSA) is 15.3 Å². The fraction of sp³-hybridized carbons (Fsp3) is 0.625. The Balaban J connectivity index is 1.61. The van der Waals surface area contributed by atoms with Crippen LogP contribution in [0.3, 0.4) is 0 Å². The summed E-state index contributed by atoms with van der Waals surface area (Å²) < 4.78 is 0. The second kappa shape index (κ2) is 6.91. The predicted octanol–water partition coefficient (Wildman–Crippen LogP) is 2.75. The molecule has 0 radical (unpaired) electrons. The predicted molar refractivity (Wildman–Crippen MR) is 77.5 cm³/mol. The van der Waals surface area contributed by atoms with Crippen LogP contribution in [-0.2, 0) is 6.54 Å². The summed E-state index contributed by atoms with van der Waals surface area (Å²) in [6.45, 7) is 10.6. The molecule has 0 amide bonds. The fourth-order valence-corrected chi connectivity index (χ4v) is 2.62. The monoisotopic (exact) mass is 246 g/mol. The second-order valence-corrected chi connectivity index (χ2v) is 5.71. The average Bonchev–Trinajstić information content (AvgIpc) is 2.40. The van der Waals surface area contributed by atoms with Crippen molar-refractivity contribution in [1.82, 2.24) is 10.2 Å². The Morgan fingerprint density at radius 2 is 1.94 bits per heavy atom. The highest BCUT2D eigenvalue weighted by Gasteiger charge is 2.21. The minimum Gasteiger partial charge on any atom is -0.311 e. The molecule has 1 aliphatic rings. The van der Waals surface area contributed by atoms with E-state index in [4.69, 9.17) is 0 Å². The van der Waals surface area contributed by atoms with Crippen LogP contribution >= 0.6 is 0 Å². The van der Waals surface area contributed by atoms with Gasteiger partial charge in [-0.1, -0.05) is 44.2 Å². The van der Waals surface area contributed by atoms with E-state index in [1.807, 2.05) is 0 Å². The number of benzene rings is 1. The molecule has 0 bridgehead atoms. The lowest BCUT2D eigenvalue weighted by Crippen LogP contribution is -2.41. The van der Waals surface area contributed by atoms with Crippen molar-refractivity contribution in [1.29, 1.82) is 0 Å². The number of nitrogens with zero attached hydrogens (tertiary/aromatic N) is 1. The van der Waals surface area contributed by atoms with Crippen molar-refractivity contribution in [2.75, 3.05) is 26.2 Å². The fourth-order valence-electron chi connectivity index (χ4n) is 2.62. The van der Waals surface area contributed by atoms with Crippen molar-refractivity contribution in [2.24, 2.45) is 11.8 Å². The minimum absolute atomic E-state index is 0.855. The van der Waals surface area contributed by atoms with Crippen molar-refractivity contribution in [3.63, 3.8) is 0 Å². The molecule has 2 nitrogen and oxygen atoms in total. The number of piperidine rings is 1. The lowest BCUT2D eigenvalue weighted by Gasteiger charge is -2.35. The summed E-state index contributed by atoms with van der Waals surface area (Å²) >= 11 is 0. The second-order valence-electron chi connectivity index (χ2n) is 5.71. The summed E-state index contributed by atoms with van der Waals surface area (Å²) in [5, 5.41) is 3.53. The maximum Gasteiger partial charge on any atom is 0.0206 e. The van der Waals surface area contributed by atoms with Crippen LogP contribution in [0.2, 0.25) is 0 Å². The molecule has 0 saturated carbocycles. The van der Waals surface area contributed by atoms with Crippen LogP contribution in [0.4, 0.5) is 0 Å². The van der Waals surface area contributed by atoms with Crippen LogP contribution in [0.15, 0.2) is 30.3 Å². The van der Waals surface area contributed by atoms with E-state index < -0.39 is 0 Å². The molecule has 0 aliphatic carbocycles. The lowest BCUT2D eigenvalue weighted by molar-refractivity contribution is 0.139. The van der Waals surface area contributed by atoms with Gasteiger partial charge >= 0.3 is 0 Å². The Morgan fingerprint density at radius 1 is 1.17 bits per heavy atom. The van der Waals surface area contributed by atoms with Crippen LogP contribution in [0.25, 0.3) is 0 Å². The van der Waals surface area contributed by atoms with Gasteiger partial charge in [0.2, 0.25) is 0 Å². The van der Waals surface area contributed by atoms with Crippen LogP contribution in [0.1, 0.15) is 25.8 Å². The van der Waals surface area contributed by atoms with E-state index in [1.165, 1.54) is 31.6 Å². The summed E-state index contributed by atoms with van der Waals surface area (Å²) in [6.07, 6.45) is 1.36. The number of rotatable bonds is 5. The third kappa shape index (κ3) is 4.11. The zero-order chi connectivity index (χ0) is 12.8. The van der Waals surface area contributed by atoms with Gasteiger partial charge in [0.1, 0.15) is 0 Å². The highest BCUT2D eigenvalue weighted by Crippen LogP contribution is 2.21. The molecular formula is C16H26N2. The number of likely N-dealkylation sites (tertiary alicyclic amines) is 1. The van der Waals surface area contributed by atoms with Crippen molar-refractivity contribution >= 4 is 0 Å². The molecule has 2 rings (SSSR count). The largest absolute Gasteiger partial charge is 0.311 e. The van der Waals surface area contributed by atoms with Crippen LogP contribution in [-0.4, -0.2) is 31.1 Å². The van der Waals surface area contributed by atoms with Crippen LogP contribution in [0, 0.1) is 11.8 Å². The third-order valence-electron chi connectivity index (χ3n) is 4.20. The molecule has 2 atom stereocenters. The number of nitrogens with one attached hydrogen (secondary N) is 1. The van der Waals surface area contributed by atoms with Gasteiger partial charge in [-0.15, -0.1) is 0 Å². The molecular weight excluding hydrogens is 220 g/mol. The van der Waals surface area contributed by atoms with Gasteiger partial charge in [0.15, 0.2) is 0 Å². The first kappa shape index (κ1) is 13.6. The molecule has 1 N–H and O–H groups in total. The maximum atomic E-state index is 3.53. The molecule has 100 valence electrons. The standard InChI is InChI=1S/C16H26N2/c1-14-8-10-18(13-15(14)2)11-9-17-12-16-6-4-3-5-7-16/h3-7,14-15,17H,8-13H2,1-2H3. The Labute approximate surface area is 111 Å². The summed E-state index contributed by atoms with van der Waals surface area (Å²) in [5.41, 5.74) is 1.37. The van der Waals surface area contributed by atoms with Crippen molar-refractivity contribution in [2.45, 2.75) is 26.8 Å². The average molecular weight is 246 g/mol. The number of hydrogen-bond donors (Lipinski definition) is 1. The molecule has 0 aromatic heterocycles. The Bertz CT molecular complexity index is 336. The molecule has 1 heterocycles. The summed E-state index contributed by atoms with van der Waals surface area (Å²) in [6, 6.07) is 10.6. The first-order valence-electron chi connectivity index (χ1n) is 7.22. The van der Waals surface area contributed by atoms with Crippen molar-refractivity contribution in [3.8, 4) is 0 Å². The lowest BCUT2D eigenvalue weighted by atomic mass is 9.89. The van der Waals surface area contributed by atoms with Gasteiger partial charge in [0.25, 0.3) is 0 Å². The molecule has 2 unspecified atom stereocenters. The number of hydrogen-bond acceptors (Lipinski definition) is 2. The van der Waals surface area contributed by atoms with Crippen molar-refractivity contribution in [3.05, 3.63) is 35.9 Å². The first-order chi connectivity index (χ1) is 8.75. The van der Waals surface area contributed by atoms with E-state index in [2.05, 4.69) is 54.4 Å². The summed E-state index contributed by atoms with van der Waals surface area (Å²) in [5.74, 6) is 1.76. The van der Waals surface area contributed by atoms with E-state index in [0.29, 0.717) is 0 Å². The third-order valence-corrected chi connectivity index (χ3v) is 4.20. The molecule has 18 heavy (non-hydrogen) atoms. The van der Waals surface area contributed by atoms with Crippen LogP contribution < -0.4 is 5.32 Å². The van der Waals surface area contributed by atoms with Gasteiger partial charge in [-0.2, -0.15) is 0 Å². The molecule has 1 saturated heterocycles. The van der Waals surface area contributed by atoms with Gasteiger partial charge in [0.05, 0.1) is 0 Å². The maximum absolute atomic E-state index is 3.53. The summed E-state index contributed by atoms with van der Waals surface area (Å²) in [7, 11) is 0. The van der Waals surface area contributed by atoms with Crippen LogP contribution in [0.5, 0.6) is 0 Å². The summed E-state index contributed by atoms with van der Waals surface area (Å²) in [4.78, 5) is 2.60. The van der Waals surface area contributed by atoms with E-state index >= 15 is 0 Å². The van der Waals surface area contributed by atoms with Gasteiger partial charge in [-0.05, 0) is 30.4 Å². The highest BCUT2D eigenvalue weighted by atomic mass is 15.1. The Morgan fingerprint density at radius 3 is 2.67 bits per heavy atom. The van der Waals surface area contributed by atoms with Gasteiger partial charge in [-0.3, -0.25) is 0 Å². The van der Waals surface area contributed by atoms with E-state index in [1.54, 1.807) is 0 Å². The molecule has 1 aliphatic heterocycles. The molecule has 1 fully saturated rings. The Hall–Kier alpha value is -0.860. The minimum atomic E-state index is 0.855. The first-order valence-corrected chi connectivity index (χ1v) is 7.22. The SMILES string of the molecule is CC1CCN(CCNCc2ccccc2)CC1C. The van der Waals surface area contributed by atoms with Gasteiger partial charge in [-0.25, -0.2) is 0 Å². The zero-order valence-electron chi connectivity index (χ0n) is 11.7. The van der Waals surface area contributed by atoms with E-state index in [-0.39, 0.29) is 0 Å². The molecule has 2 heteroatoms.